The highest BCUT2D eigenvalue weighted by Crippen LogP contribution is 2.29. The molecule has 0 aliphatic rings. The zero-order chi connectivity index (χ0) is 19.3. The summed E-state index contributed by atoms with van der Waals surface area (Å²) in [5, 5.41) is 11.8. The van der Waals surface area contributed by atoms with Gasteiger partial charge in [-0.2, -0.15) is 18.4 Å². The number of carbonyl (C=O) groups excluding carboxylic acids is 1. The fourth-order valence-corrected chi connectivity index (χ4v) is 2.35. The third-order valence-corrected chi connectivity index (χ3v) is 4.06. The third kappa shape index (κ3) is 4.83. The Kier molecular flexibility index (Phi) is 6.01. The molecule has 0 aromatic heterocycles. The second-order valence-electron chi connectivity index (χ2n) is 5.93. The Hall–Kier alpha value is -2.85. The zero-order valence-electron chi connectivity index (χ0n) is 14.3. The summed E-state index contributed by atoms with van der Waals surface area (Å²) in [5.74, 6) is -0.304. The van der Waals surface area contributed by atoms with Crippen molar-refractivity contribution in [2.45, 2.75) is 25.7 Å². The molecule has 2 aromatic rings. The fourth-order valence-electron chi connectivity index (χ4n) is 2.35. The molecule has 0 fully saturated rings. The quantitative estimate of drug-likeness (QED) is 0.875. The molecule has 1 N–H and O–H groups in total. The Morgan fingerprint density at radius 3 is 2.38 bits per heavy atom. The number of carbonyl (C=O) groups is 1. The number of likely N-dealkylation sites (N-methyl/N-ethyl adjacent to an activating group) is 1. The maximum Gasteiger partial charge on any atom is 0.416 e. The molecular weight excluding hydrogens is 343 g/mol. The first-order chi connectivity index (χ1) is 12.2. The van der Waals surface area contributed by atoms with Gasteiger partial charge in [-0.1, -0.05) is 24.3 Å². The van der Waals surface area contributed by atoms with Gasteiger partial charge in [-0.05, 0) is 43.8 Å². The smallest absolute Gasteiger partial charge is 0.324 e. The van der Waals surface area contributed by atoms with Gasteiger partial charge in [0.05, 0.1) is 22.9 Å². The standard InChI is InChI=1S/C19H18F3N3O/c1-13(18(26)24-17-6-4-3-5-15(17)11-23)25(2)12-14-7-9-16(10-8-14)19(20,21)22/h3-10,13H,12H2,1-2H3,(H,24,26). The predicted molar refractivity (Wildman–Crippen MR) is 92.2 cm³/mol. The SMILES string of the molecule is CC(C(=O)Nc1ccccc1C#N)N(C)Cc1ccc(C(F)(F)F)cc1. The van der Waals surface area contributed by atoms with E-state index in [1.807, 2.05) is 6.07 Å². The molecule has 0 heterocycles. The molecule has 1 amide bonds. The van der Waals surface area contributed by atoms with Crippen LogP contribution in [-0.4, -0.2) is 23.9 Å². The first kappa shape index (κ1) is 19.5. The molecule has 0 saturated heterocycles. The summed E-state index contributed by atoms with van der Waals surface area (Å²) in [6.45, 7) is 2.00. The number of hydrogen-bond donors (Lipinski definition) is 1. The minimum atomic E-state index is -4.37. The van der Waals surface area contributed by atoms with Crippen LogP contribution >= 0.6 is 0 Å². The van der Waals surface area contributed by atoms with E-state index in [1.54, 1.807) is 43.1 Å². The van der Waals surface area contributed by atoms with E-state index < -0.39 is 17.8 Å². The van der Waals surface area contributed by atoms with Crippen LogP contribution in [0, 0.1) is 11.3 Å². The molecule has 26 heavy (non-hydrogen) atoms. The van der Waals surface area contributed by atoms with Gasteiger partial charge in [0.2, 0.25) is 5.91 Å². The topological polar surface area (TPSA) is 56.1 Å². The number of halogens is 3. The Bertz CT molecular complexity index is 810. The van der Waals surface area contributed by atoms with E-state index in [9.17, 15) is 18.0 Å². The first-order valence-electron chi connectivity index (χ1n) is 7.88. The van der Waals surface area contributed by atoms with E-state index in [0.717, 1.165) is 12.1 Å². The van der Waals surface area contributed by atoms with Crippen molar-refractivity contribution in [3.8, 4) is 6.07 Å². The number of rotatable bonds is 5. The lowest BCUT2D eigenvalue weighted by molar-refractivity contribution is -0.137. The zero-order valence-corrected chi connectivity index (χ0v) is 14.3. The lowest BCUT2D eigenvalue weighted by Gasteiger charge is -2.24. The van der Waals surface area contributed by atoms with Crippen LogP contribution in [-0.2, 0) is 17.5 Å². The molecule has 0 aliphatic carbocycles. The summed E-state index contributed by atoms with van der Waals surface area (Å²) in [7, 11) is 1.71. The van der Waals surface area contributed by atoms with E-state index >= 15 is 0 Å². The van der Waals surface area contributed by atoms with E-state index in [4.69, 9.17) is 5.26 Å². The van der Waals surface area contributed by atoms with Crippen molar-refractivity contribution < 1.29 is 18.0 Å². The van der Waals surface area contributed by atoms with Gasteiger partial charge in [-0.25, -0.2) is 0 Å². The first-order valence-corrected chi connectivity index (χ1v) is 7.88. The summed E-state index contributed by atoms with van der Waals surface area (Å²) >= 11 is 0. The molecule has 2 aromatic carbocycles. The minimum Gasteiger partial charge on any atom is -0.324 e. The van der Waals surface area contributed by atoms with E-state index in [1.165, 1.54) is 12.1 Å². The van der Waals surface area contributed by atoms with Crippen LogP contribution in [0.1, 0.15) is 23.6 Å². The normalized spacial score (nSPS) is 12.5. The molecule has 0 aliphatic heterocycles. The molecule has 0 saturated carbocycles. The summed E-state index contributed by atoms with van der Waals surface area (Å²) < 4.78 is 37.8. The average Bonchev–Trinajstić information content (AvgIpc) is 2.61. The highest BCUT2D eigenvalue weighted by Gasteiger charge is 2.30. The molecule has 0 spiro atoms. The number of nitrogens with zero attached hydrogens (tertiary/aromatic N) is 2. The summed E-state index contributed by atoms with van der Waals surface area (Å²) in [4.78, 5) is 14.1. The maximum absolute atomic E-state index is 12.6. The molecule has 136 valence electrons. The van der Waals surface area contributed by atoms with Crippen LogP contribution in [0.15, 0.2) is 48.5 Å². The van der Waals surface area contributed by atoms with Crippen molar-refractivity contribution in [1.29, 1.82) is 5.26 Å². The number of amides is 1. The Labute approximate surface area is 149 Å². The van der Waals surface area contributed by atoms with Gasteiger partial charge in [0.25, 0.3) is 0 Å². The molecule has 1 unspecified atom stereocenters. The number of nitriles is 1. The predicted octanol–water partition coefficient (Wildman–Crippen LogP) is 4.04. The summed E-state index contributed by atoms with van der Waals surface area (Å²) in [6, 6.07) is 13.0. The number of anilines is 1. The molecule has 4 nitrogen and oxygen atoms in total. The van der Waals surface area contributed by atoms with Gasteiger partial charge in [0.15, 0.2) is 0 Å². The van der Waals surface area contributed by atoms with Gasteiger partial charge >= 0.3 is 6.18 Å². The highest BCUT2D eigenvalue weighted by atomic mass is 19.4. The Morgan fingerprint density at radius 1 is 1.19 bits per heavy atom. The minimum absolute atomic E-state index is 0.304. The third-order valence-electron chi connectivity index (χ3n) is 4.06. The highest BCUT2D eigenvalue weighted by molar-refractivity contribution is 5.95. The number of benzene rings is 2. The number of para-hydroxylation sites is 1. The molecule has 0 bridgehead atoms. The Balaban J connectivity index is 2.01. The maximum atomic E-state index is 12.6. The molecule has 2 rings (SSSR count). The molecule has 0 radical (unpaired) electrons. The number of hydrogen-bond acceptors (Lipinski definition) is 3. The largest absolute Gasteiger partial charge is 0.416 e. The van der Waals surface area contributed by atoms with Crippen LogP contribution in [0.4, 0.5) is 18.9 Å². The summed E-state index contributed by atoms with van der Waals surface area (Å²) in [5.41, 5.74) is 0.744. The van der Waals surface area contributed by atoms with E-state index in [0.29, 0.717) is 23.4 Å². The molecule has 1 atom stereocenters. The molecular formula is C19H18F3N3O. The van der Waals surface area contributed by atoms with Crippen molar-refractivity contribution in [3.63, 3.8) is 0 Å². The lowest BCUT2D eigenvalue weighted by atomic mass is 10.1. The van der Waals surface area contributed by atoms with Crippen LogP contribution in [0.3, 0.4) is 0 Å². The summed E-state index contributed by atoms with van der Waals surface area (Å²) in [6.07, 6.45) is -4.37. The average molecular weight is 361 g/mol. The van der Waals surface area contributed by atoms with Gasteiger partial charge in [-0.3, -0.25) is 9.69 Å². The van der Waals surface area contributed by atoms with Crippen molar-refractivity contribution in [2.24, 2.45) is 0 Å². The van der Waals surface area contributed by atoms with Crippen LogP contribution in [0.5, 0.6) is 0 Å². The number of nitrogens with one attached hydrogen (secondary N) is 1. The Morgan fingerprint density at radius 2 is 1.81 bits per heavy atom. The molecule has 7 heteroatoms. The van der Waals surface area contributed by atoms with Gasteiger partial charge in [-0.15, -0.1) is 0 Å². The van der Waals surface area contributed by atoms with Gasteiger partial charge < -0.3 is 5.32 Å². The van der Waals surface area contributed by atoms with Gasteiger partial charge in [0, 0.05) is 6.54 Å². The fraction of sp³-hybridized carbons (Fsp3) is 0.263. The van der Waals surface area contributed by atoms with Crippen LogP contribution in [0.2, 0.25) is 0 Å². The van der Waals surface area contributed by atoms with Crippen molar-refractivity contribution in [2.75, 3.05) is 12.4 Å². The van der Waals surface area contributed by atoms with E-state index in [-0.39, 0.29) is 5.91 Å². The van der Waals surface area contributed by atoms with Crippen molar-refractivity contribution >= 4 is 11.6 Å². The lowest BCUT2D eigenvalue weighted by Crippen LogP contribution is -2.39. The second kappa shape index (κ2) is 8.02. The second-order valence-corrected chi connectivity index (χ2v) is 5.93. The monoisotopic (exact) mass is 361 g/mol. The number of alkyl halides is 3. The van der Waals surface area contributed by atoms with Crippen LogP contribution in [0.25, 0.3) is 0 Å². The van der Waals surface area contributed by atoms with Crippen molar-refractivity contribution in [3.05, 3.63) is 65.2 Å². The van der Waals surface area contributed by atoms with E-state index in [2.05, 4.69) is 5.32 Å². The van der Waals surface area contributed by atoms with Crippen LogP contribution < -0.4 is 5.32 Å². The van der Waals surface area contributed by atoms with Crippen molar-refractivity contribution in [1.82, 2.24) is 4.90 Å². The van der Waals surface area contributed by atoms with Gasteiger partial charge in [0.1, 0.15) is 6.07 Å².